The van der Waals surface area contributed by atoms with Crippen LogP contribution in [0.4, 0.5) is 5.82 Å². The van der Waals surface area contributed by atoms with Gasteiger partial charge in [-0.3, -0.25) is 10.8 Å². The number of rotatable bonds is 3. The van der Waals surface area contributed by atoms with Crippen LogP contribution >= 0.6 is 27.5 Å². The average molecular weight is 410 g/mol. The molecule has 6 nitrogen and oxygen atoms in total. The summed E-state index contributed by atoms with van der Waals surface area (Å²) in [6.07, 6.45) is 1.55. The van der Waals surface area contributed by atoms with Gasteiger partial charge in [0, 0.05) is 28.0 Å². The molecule has 0 saturated carbocycles. The third-order valence-corrected chi connectivity index (χ3v) is 4.95. The molecular formula is C16H18BrClN6. The molecule has 126 valence electrons. The van der Waals surface area contributed by atoms with Gasteiger partial charge in [0.15, 0.2) is 5.82 Å². The predicted octanol–water partition coefficient (Wildman–Crippen LogP) is 3.36. The number of benzene rings is 1. The van der Waals surface area contributed by atoms with Crippen LogP contribution in [0.3, 0.4) is 0 Å². The molecule has 0 bridgehead atoms. The molecule has 0 spiro atoms. The van der Waals surface area contributed by atoms with Crippen molar-refractivity contribution >= 4 is 39.6 Å². The van der Waals surface area contributed by atoms with Gasteiger partial charge in [-0.05, 0) is 44.0 Å². The van der Waals surface area contributed by atoms with E-state index in [0.29, 0.717) is 16.7 Å². The summed E-state index contributed by atoms with van der Waals surface area (Å²) in [7, 11) is 0. The van der Waals surface area contributed by atoms with E-state index in [9.17, 15) is 0 Å². The number of hydrogen-bond acceptors (Lipinski definition) is 5. The number of H-pyrrole nitrogens is 1. The van der Waals surface area contributed by atoms with Gasteiger partial charge in [-0.1, -0.05) is 27.5 Å². The Balaban J connectivity index is 1.94. The fraction of sp³-hybridized carbons (Fsp3) is 0.250. The molecule has 1 aliphatic heterocycles. The fourth-order valence-electron chi connectivity index (χ4n) is 2.54. The Kier molecular flexibility index (Phi) is 4.42. The number of aryl methyl sites for hydroxylation is 3. The summed E-state index contributed by atoms with van der Waals surface area (Å²) in [4.78, 5) is 4.41. The van der Waals surface area contributed by atoms with Gasteiger partial charge >= 0.3 is 0 Å². The minimum Gasteiger partial charge on any atom is -0.330 e. The molecule has 0 radical (unpaired) electrons. The van der Waals surface area contributed by atoms with Crippen LogP contribution in [0.5, 0.6) is 0 Å². The Bertz CT molecular complexity index is 856. The molecule has 3 rings (SSSR count). The van der Waals surface area contributed by atoms with E-state index in [0.717, 1.165) is 26.9 Å². The van der Waals surface area contributed by atoms with Crippen LogP contribution in [0.2, 0.25) is 0 Å². The van der Waals surface area contributed by atoms with Crippen molar-refractivity contribution in [2.75, 3.05) is 5.32 Å². The molecule has 0 fully saturated rings. The first kappa shape index (κ1) is 17.0. The van der Waals surface area contributed by atoms with Crippen molar-refractivity contribution in [2.24, 2.45) is 10.7 Å². The van der Waals surface area contributed by atoms with Crippen LogP contribution in [0.15, 0.2) is 38.5 Å². The van der Waals surface area contributed by atoms with Crippen molar-refractivity contribution in [3.05, 3.63) is 55.9 Å². The van der Waals surface area contributed by atoms with Gasteiger partial charge in [0.25, 0.3) is 0 Å². The van der Waals surface area contributed by atoms with Crippen molar-refractivity contribution in [2.45, 2.75) is 26.6 Å². The lowest BCUT2D eigenvalue weighted by Crippen LogP contribution is -2.52. The maximum Gasteiger partial charge on any atom is 0.210 e. The molecule has 1 aromatic carbocycles. The SMILES string of the molecule is Cc1cc(NC2=C(Cl)C=NC(N)(c3cc(C)c(Br)cc3C)N2)n[nH]1. The Labute approximate surface area is 153 Å². The zero-order valence-electron chi connectivity index (χ0n) is 13.5. The molecule has 1 unspecified atom stereocenters. The number of allylic oxidation sites excluding steroid dienone is 1. The third kappa shape index (κ3) is 3.19. The number of aromatic nitrogens is 2. The second-order valence-electron chi connectivity index (χ2n) is 5.85. The van der Waals surface area contributed by atoms with Gasteiger partial charge in [-0.2, -0.15) is 5.10 Å². The van der Waals surface area contributed by atoms with E-state index in [1.54, 1.807) is 6.21 Å². The van der Waals surface area contributed by atoms with Crippen molar-refractivity contribution < 1.29 is 0 Å². The van der Waals surface area contributed by atoms with Crippen LogP contribution < -0.4 is 16.4 Å². The molecule has 2 aromatic rings. The van der Waals surface area contributed by atoms with Crippen molar-refractivity contribution in [3.8, 4) is 0 Å². The van der Waals surface area contributed by atoms with Crippen molar-refractivity contribution in [1.82, 2.24) is 15.5 Å². The quantitative estimate of drug-likeness (QED) is 0.625. The zero-order valence-corrected chi connectivity index (χ0v) is 15.9. The lowest BCUT2D eigenvalue weighted by Gasteiger charge is -2.33. The van der Waals surface area contributed by atoms with Crippen LogP contribution in [-0.4, -0.2) is 16.4 Å². The number of nitrogens with one attached hydrogen (secondary N) is 3. The smallest absolute Gasteiger partial charge is 0.210 e. The summed E-state index contributed by atoms with van der Waals surface area (Å²) in [5.41, 5.74) is 10.4. The highest BCUT2D eigenvalue weighted by molar-refractivity contribution is 9.10. The molecule has 24 heavy (non-hydrogen) atoms. The number of hydrogen-bond donors (Lipinski definition) is 4. The van der Waals surface area contributed by atoms with E-state index in [1.807, 2.05) is 39.0 Å². The van der Waals surface area contributed by atoms with E-state index in [-0.39, 0.29) is 0 Å². The van der Waals surface area contributed by atoms with E-state index in [1.165, 1.54) is 0 Å². The second kappa shape index (κ2) is 6.23. The van der Waals surface area contributed by atoms with Crippen molar-refractivity contribution in [3.63, 3.8) is 0 Å². The Hall–Kier alpha value is -1.83. The monoisotopic (exact) mass is 408 g/mol. The van der Waals surface area contributed by atoms with Gasteiger partial charge in [-0.15, -0.1) is 0 Å². The molecule has 2 heterocycles. The molecule has 0 aliphatic carbocycles. The standard InChI is InChI=1S/C16H18BrClN6/c1-8-5-12(17)9(2)4-11(8)16(19)20-7-13(18)15(22-16)21-14-6-10(3)23-24-14/h4-7,22H,19H2,1-3H3,(H2,21,23,24). The number of aromatic amines is 1. The van der Waals surface area contributed by atoms with E-state index in [4.69, 9.17) is 17.3 Å². The second-order valence-corrected chi connectivity index (χ2v) is 7.11. The van der Waals surface area contributed by atoms with Gasteiger partial charge in [0.05, 0.1) is 5.03 Å². The molecule has 1 aliphatic rings. The first-order valence-corrected chi connectivity index (χ1v) is 8.54. The number of nitrogens with two attached hydrogens (primary N) is 1. The predicted molar refractivity (Wildman–Crippen MR) is 101 cm³/mol. The first-order chi connectivity index (χ1) is 11.3. The number of halogens is 2. The molecule has 0 amide bonds. The summed E-state index contributed by atoms with van der Waals surface area (Å²) in [6.45, 7) is 5.93. The Morgan fingerprint density at radius 3 is 2.62 bits per heavy atom. The first-order valence-electron chi connectivity index (χ1n) is 7.37. The summed E-state index contributed by atoms with van der Waals surface area (Å²) < 4.78 is 1.03. The minimum absolute atomic E-state index is 0.434. The normalized spacial score (nSPS) is 20.2. The number of anilines is 1. The van der Waals surface area contributed by atoms with Gasteiger partial charge < -0.3 is 10.6 Å². The third-order valence-electron chi connectivity index (χ3n) is 3.81. The summed E-state index contributed by atoms with van der Waals surface area (Å²) in [5.74, 6) is 0.0943. The highest BCUT2D eigenvalue weighted by Gasteiger charge is 2.32. The van der Waals surface area contributed by atoms with Gasteiger partial charge in [-0.25, -0.2) is 4.99 Å². The Morgan fingerprint density at radius 1 is 1.21 bits per heavy atom. The lowest BCUT2D eigenvalue weighted by molar-refractivity contribution is 0.395. The van der Waals surface area contributed by atoms with Gasteiger partial charge in [0.2, 0.25) is 5.79 Å². The van der Waals surface area contributed by atoms with Crippen LogP contribution in [-0.2, 0) is 5.79 Å². The topological polar surface area (TPSA) is 91.1 Å². The lowest BCUT2D eigenvalue weighted by atomic mass is 9.99. The molecule has 8 heteroatoms. The van der Waals surface area contributed by atoms with Gasteiger partial charge in [0.1, 0.15) is 5.82 Å². The van der Waals surface area contributed by atoms with E-state index in [2.05, 4.69) is 41.8 Å². The molecule has 0 saturated heterocycles. The largest absolute Gasteiger partial charge is 0.330 e. The van der Waals surface area contributed by atoms with Crippen LogP contribution in [0.1, 0.15) is 22.4 Å². The number of aliphatic imine (C=N–C) groups is 1. The molecular weight excluding hydrogens is 392 g/mol. The van der Waals surface area contributed by atoms with Crippen LogP contribution in [0, 0.1) is 20.8 Å². The number of nitrogens with zero attached hydrogens (tertiary/aromatic N) is 2. The highest BCUT2D eigenvalue weighted by atomic mass is 79.9. The minimum atomic E-state index is -1.11. The highest BCUT2D eigenvalue weighted by Crippen LogP contribution is 2.30. The fourth-order valence-corrected chi connectivity index (χ4v) is 3.14. The van der Waals surface area contributed by atoms with E-state index < -0.39 is 5.79 Å². The molecule has 1 aromatic heterocycles. The summed E-state index contributed by atoms with van der Waals surface area (Å²) in [5, 5.41) is 13.8. The summed E-state index contributed by atoms with van der Waals surface area (Å²) >= 11 is 9.79. The van der Waals surface area contributed by atoms with Crippen LogP contribution in [0.25, 0.3) is 0 Å². The average Bonchev–Trinajstić information content (AvgIpc) is 2.92. The van der Waals surface area contributed by atoms with Crippen molar-refractivity contribution in [1.29, 1.82) is 0 Å². The zero-order chi connectivity index (χ0) is 17.5. The van der Waals surface area contributed by atoms with E-state index >= 15 is 0 Å². The maximum atomic E-state index is 6.53. The summed E-state index contributed by atoms with van der Waals surface area (Å²) in [6, 6.07) is 5.91. The molecule has 1 atom stereocenters. The Morgan fingerprint density at radius 2 is 1.96 bits per heavy atom. The molecule has 5 N–H and O–H groups in total. The maximum absolute atomic E-state index is 6.53.